The lowest BCUT2D eigenvalue weighted by atomic mass is 10.1. The average molecular weight is 571 g/mol. The van der Waals surface area contributed by atoms with Gasteiger partial charge in [-0.1, -0.05) is 18.2 Å². The number of halogens is 2. The van der Waals surface area contributed by atoms with Gasteiger partial charge in [-0.15, -0.1) is 0 Å². The van der Waals surface area contributed by atoms with E-state index in [9.17, 15) is 18.8 Å². The van der Waals surface area contributed by atoms with Crippen LogP contribution in [0.1, 0.15) is 18.1 Å². The maximum absolute atomic E-state index is 13.9. The van der Waals surface area contributed by atoms with Gasteiger partial charge in [-0.2, -0.15) is 0 Å². The molecule has 0 unspecified atom stereocenters. The summed E-state index contributed by atoms with van der Waals surface area (Å²) < 4.78 is 30.3. The Morgan fingerprint density at radius 3 is 2.66 bits per heavy atom. The minimum Gasteiger partial charge on any atom is -0.490 e. The predicted molar refractivity (Wildman–Crippen MR) is 126 cm³/mol. The molecule has 1 aliphatic heterocycles. The fourth-order valence-electron chi connectivity index (χ4n) is 2.85. The third kappa shape index (κ3) is 5.60. The number of nitrogens with zero attached hydrogens (tertiary/aromatic N) is 1. The van der Waals surface area contributed by atoms with Crippen LogP contribution in [-0.2, 0) is 20.9 Å². The molecule has 32 heavy (non-hydrogen) atoms. The monoisotopic (exact) mass is 571 g/mol. The third-order valence-corrected chi connectivity index (χ3v) is 6.06. The largest absolute Gasteiger partial charge is 0.490 e. The minimum atomic E-state index is -0.532. The lowest BCUT2D eigenvalue weighted by Crippen LogP contribution is -2.27. The number of carbonyl (C=O) groups excluding carboxylic acids is 3. The number of carbonyl (C=O) groups is 3. The smallest absolute Gasteiger partial charge is 0.343 e. The molecule has 2 aromatic rings. The summed E-state index contributed by atoms with van der Waals surface area (Å²) >= 11 is 2.82. The molecular formula is C22H19FINO6S. The zero-order chi connectivity index (χ0) is 23.3. The van der Waals surface area contributed by atoms with Gasteiger partial charge in [-0.05, 0) is 71.1 Å². The van der Waals surface area contributed by atoms with E-state index in [0.717, 1.165) is 16.7 Å². The zero-order valence-corrected chi connectivity index (χ0v) is 20.2. The molecule has 7 nitrogen and oxygen atoms in total. The van der Waals surface area contributed by atoms with Crippen molar-refractivity contribution in [3.63, 3.8) is 0 Å². The number of rotatable bonds is 8. The number of benzene rings is 2. The first-order valence-electron chi connectivity index (χ1n) is 9.48. The second-order valence-corrected chi connectivity index (χ2v) is 8.64. The Morgan fingerprint density at radius 2 is 1.97 bits per heavy atom. The van der Waals surface area contributed by atoms with Crippen molar-refractivity contribution in [2.24, 2.45) is 0 Å². The summed E-state index contributed by atoms with van der Waals surface area (Å²) in [5.41, 5.74) is 0.871. The summed E-state index contributed by atoms with van der Waals surface area (Å²) in [7, 11) is 1.27. The lowest BCUT2D eigenvalue weighted by molar-refractivity contribution is -0.143. The van der Waals surface area contributed by atoms with E-state index in [1.807, 2.05) is 22.6 Å². The van der Waals surface area contributed by atoms with Crippen LogP contribution in [-0.4, -0.2) is 42.3 Å². The molecule has 2 aromatic carbocycles. The van der Waals surface area contributed by atoms with Gasteiger partial charge in [0.05, 0.1) is 28.7 Å². The highest BCUT2D eigenvalue weighted by atomic mass is 127. The summed E-state index contributed by atoms with van der Waals surface area (Å²) in [6.07, 6.45) is 1.57. The fraction of sp³-hybridized carbons (Fsp3) is 0.227. The average Bonchev–Trinajstić information content (AvgIpc) is 3.02. The number of amides is 2. The molecule has 1 saturated heterocycles. The summed E-state index contributed by atoms with van der Waals surface area (Å²) in [6, 6.07) is 9.40. The Labute approximate surface area is 202 Å². The molecule has 1 aliphatic rings. The number of esters is 1. The van der Waals surface area contributed by atoms with Gasteiger partial charge in [-0.25, -0.2) is 9.18 Å². The van der Waals surface area contributed by atoms with Crippen molar-refractivity contribution in [3.8, 4) is 11.5 Å². The van der Waals surface area contributed by atoms with E-state index < -0.39 is 22.9 Å². The van der Waals surface area contributed by atoms with E-state index in [0.29, 0.717) is 27.2 Å². The van der Waals surface area contributed by atoms with E-state index in [1.54, 1.807) is 37.3 Å². The van der Waals surface area contributed by atoms with Crippen molar-refractivity contribution in [1.29, 1.82) is 0 Å². The van der Waals surface area contributed by atoms with Gasteiger partial charge in [0.1, 0.15) is 5.82 Å². The molecule has 0 saturated carbocycles. The molecular weight excluding hydrogens is 552 g/mol. The first-order chi connectivity index (χ1) is 15.3. The maximum atomic E-state index is 13.9. The SMILES string of the molecule is CCOc1cc(/C=C2\SC(=O)N(Cc3ccccc3F)C2=O)cc(I)c1OCC(=O)OC. The van der Waals surface area contributed by atoms with Gasteiger partial charge >= 0.3 is 5.97 Å². The summed E-state index contributed by atoms with van der Waals surface area (Å²) in [6.45, 7) is 1.74. The third-order valence-electron chi connectivity index (χ3n) is 4.35. The second kappa shape index (κ2) is 10.8. The molecule has 0 spiro atoms. The van der Waals surface area contributed by atoms with E-state index in [4.69, 9.17) is 9.47 Å². The highest BCUT2D eigenvalue weighted by Crippen LogP contribution is 2.38. The zero-order valence-electron chi connectivity index (χ0n) is 17.2. The number of thioether (sulfide) groups is 1. The van der Waals surface area contributed by atoms with Crippen molar-refractivity contribution >= 4 is 57.5 Å². The highest BCUT2D eigenvalue weighted by Gasteiger charge is 2.35. The minimum absolute atomic E-state index is 0.142. The summed E-state index contributed by atoms with van der Waals surface area (Å²) in [5, 5.41) is -0.470. The van der Waals surface area contributed by atoms with Crippen LogP contribution in [0.5, 0.6) is 11.5 Å². The Kier molecular flexibility index (Phi) is 8.13. The van der Waals surface area contributed by atoms with Crippen LogP contribution >= 0.6 is 34.4 Å². The van der Waals surface area contributed by atoms with Crippen molar-refractivity contribution in [1.82, 2.24) is 4.90 Å². The molecule has 168 valence electrons. The molecule has 0 bridgehead atoms. The molecule has 0 radical (unpaired) electrons. The Hall–Kier alpha value is -2.60. The van der Waals surface area contributed by atoms with Gasteiger partial charge in [0.15, 0.2) is 18.1 Å². The number of hydrogen-bond donors (Lipinski definition) is 0. The van der Waals surface area contributed by atoms with Gasteiger partial charge in [0.25, 0.3) is 11.1 Å². The number of imide groups is 1. The number of methoxy groups -OCH3 is 1. The van der Waals surface area contributed by atoms with Gasteiger partial charge < -0.3 is 14.2 Å². The van der Waals surface area contributed by atoms with Crippen LogP contribution in [0.15, 0.2) is 41.3 Å². The normalized spacial score (nSPS) is 14.8. The molecule has 1 heterocycles. The molecule has 3 rings (SSSR count). The van der Waals surface area contributed by atoms with Crippen molar-refractivity contribution in [2.75, 3.05) is 20.3 Å². The quantitative estimate of drug-likeness (QED) is 0.260. The Bertz CT molecular complexity index is 1090. The Morgan fingerprint density at radius 1 is 1.22 bits per heavy atom. The fourth-order valence-corrected chi connectivity index (χ4v) is 4.47. The molecule has 1 fully saturated rings. The second-order valence-electron chi connectivity index (χ2n) is 6.49. The van der Waals surface area contributed by atoms with Gasteiger partial charge in [0, 0.05) is 5.56 Å². The predicted octanol–water partition coefficient (Wildman–Crippen LogP) is 4.62. The van der Waals surface area contributed by atoms with Crippen LogP contribution in [0.25, 0.3) is 6.08 Å². The van der Waals surface area contributed by atoms with Gasteiger partial charge in [-0.3, -0.25) is 14.5 Å². The molecule has 10 heteroatoms. The molecule has 0 aromatic heterocycles. The van der Waals surface area contributed by atoms with Gasteiger partial charge in [0.2, 0.25) is 0 Å². The van der Waals surface area contributed by atoms with Crippen LogP contribution < -0.4 is 9.47 Å². The van der Waals surface area contributed by atoms with E-state index >= 15 is 0 Å². The lowest BCUT2D eigenvalue weighted by Gasteiger charge is -2.14. The van der Waals surface area contributed by atoms with Crippen LogP contribution in [0, 0.1) is 9.39 Å². The molecule has 2 amide bonds. The van der Waals surface area contributed by atoms with Crippen molar-refractivity contribution in [2.45, 2.75) is 13.5 Å². The summed E-state index contributed by atoms with van der Waals surface area (Å²) in [4.78, 5) is 37.8. The topological polar surface area (TPSA) is 82.1 Å². The molecule has 0 N–H and O–H groups in total. The highest BCUT2D eigenvalue weighted by molar-refractivity contribution is 14.1. The number of hydrogen-bond acceptors (Lipinski definition) is 7. The maximum Gasteiger partial charge on any atom is 0.343 e. The Balaban J connectivity index is 1.85. The van der Waals surface area contributed by atoms with E-state index in [1.165, 1.54) is 19.2 Å². The van der Waals surface area contributed by atoms with E-state index in [2.05, 4.69) is 4.74 Å². The molecule has 0 atom stereocenters. The standard InChI is InChI=1S/C22H19FINO6S/c1-3-30-17-9-13(8-16(24)20(17)31-12-19(26)29-2)10-18-21(27)25(22(28)32-18)11-14-6-4-5-7-15(14)23/h4-10H,3,11-12H2,1-2H3/b18-10-. The van der Waals surface area contributed by atoms with Crippen molar-refractivity contribution < 1.29 is 33.0 Å². The summed E-state index contributed by atoms with van der Waals surface area (Å²) in [5.74, 6) is -0.741. The first-order valence-corrected chi connectivity index (χ1v) is 11.4. The molecule has 0 aliphatic carbocycles. The van der Waals surface area contributed by atoms with Crippen LogP contribution in [0.4, 0.5) is 9.18 Å². The van der Waals surface area contributed by atoms with Crippen molar-refractivity contribution in [3.05, 3.63) is 61.8 Å². The van der Waals surface area contributed by atoms with Crippen LogP contribution in [0.3, 0.4) is 0 Å². The first kappa shape index (κ1) is 24.1. The van der Waals surface area contributed by atoms with Crippen LogP contribution in [0.2, 0.25) is 0 Å². The number of ether oxygens (including phenoxy) is 3. The van der Waals surface area contributed by atoms with E-state index in [-0.39, 0.29) is 23.6 Å².